The molecule has 0 unspecified atom stereocenters. The van der Waals surface area contributed by atoms with E-state index in [0.717, 1.165) is 24.8 Å². The average molecular weight is 425 g/mol. The molecular weight excluding hydrogens is 398 g/mol. The van der Waals surface area contributed by atoms with E-state index in [1.54, 1.807) is 6.21 Å². The fourth-order valence-corrected chi connectivity index (χ4v) is 2.96. The molecule has 10 nitrogen and oxygen atoms in total. The summed E-state index contributed by atoms with van der Waals surface area (Å²) >= 11 is 0. The first-order chi connectivity index (χ1) is 15.2. The molecule has 0 fully saturated rings. The van der Waals surface area contributed by atoms with E-state index in [2.05, 4.69) is 37.7 Å². The number of anilines is 1. The molecule has 1 amide bonds. The molecule has 0 aliphatic rings. The summed E-state index contributed by atoms with van der Waals surface area (Å²) in [6, 6.07) is 9.47. The van der Waals surface area contributed by atoms with Gasteiger partial charge in [0.05, 0.1) is 6.33 Å². The summed E-state index contributed by atoms with van der Waals surface area (Å²) in [5.74, 6) is 0.340. The van der Waals surface area contributed by atoms with Crippen LogP contribution in [0, 0.1) is 0 Å². The number of nitrogens with zero attached hydrogens (tertiary/aromatic N) is 4. The number of amides is 1. The lowest BCUT2D eigenvalue weighted by Gasteiger charge is -2.12. The molecule has 31 heavy (non-hydrogen) atoms. The van der Waals surface area contributed by atoms with Gasteiger partial charge in [-0.25, -0.2) is 15.2 Å². The van der Waals surface area contributed by atoms with E-state index in [4.69, 9.17) is 4.74 Å². The van der Waals surface area contributed by atoms with Crippen molar-refractivity contribution in [2.45, 2.75) is 45.8 Å². The molecule has 0 aliphatic carbocycles. The van der Waals surface area contributed by atoms with Crippen molar-refractivity contribution in [3.05, 3.63) is 52.6 Å². The Morgan fingerprint density at radius 2 is 2.13 bits per heavy atom. The average Bonchev–Trinajstić information content (AvgIpc) is 3.28. The molecule has 3 rings (SSSR count). The Morgan fingerprint density at radius 3 is 2.94 bits per heavy atom. The highest BCUT2D eigenvalue weighted by Gasteiger charge is 2.12. The summed E-state index contributed by atoms with van der Waals surface area (Å²) in [4.78, 5) is 35.1. The van der Waals surface area contributed by atoms with Crippen molar-refractivity contribution in [3.63, 3.8) is 0 Å². The van der Waals surface area contributed by atoms with Gasteiger partial charge in [-0.3, -0.25) is 9.36 Å². The quantitative estimate of drug-likeness (QED) is 0.246. The van der Waals surface area contributed by atoms with Crippen LogP contribution in [0.1, 0.15) is 38.2 Å². The molecule has 1 aromatic carbocycles. The van der Waals surface area contributed by atoms with Gasteiger partial charge in [0.15, 0.2) is 11.2 Å². The minimum Gasteiger partial charge on any atom is -0.445 e. The van der Waals surface area contributed by atoms with E-state index in [9.17, 15) is 9.59 Å². The van der Waals surface area contributed by atoms with Gasteiger partial charge in [0, 0.05) is 25.7 Å². The number of nitrogens with one attached hydrogen (secondary N) is 3. The van der Waals surface area contributed by atoms with Crippen LogP contribution in [0.15, 0.2) is 46.6 Å². The monoisotopic (exact) mass is 425 g/mol. The molecule has 3 aromatic rings. The van der Waals surface area contributed by atoms with Crippen LogP contribution in [0.2, 0.25) is 0 Å². The second-order valence-electron chi connectivity index (χ2n) is 6.90. The number of aromatic amines is 1. The van der Waals surface area contributed by atoms with Crippen LogP contribution in [0.25, 0.3) is 11.2 Å². The maximum atomic E-state index is 12.2. The Hall–Kier alpha value is -3.69. The molecule has 2 aromatic heterocycles. The molecule has 10 heteroatoms. The van der Waals surface area contributed by atoms with Crippen molar-refractivity contribution in [3.8, 4) is 0 Å². The standard InChI is InChI=1S/C21H27N7O3/c1-2-3-7-13-28-18-17(23-15-24-18)19(29)26-20(28)27-25-12-8-11-22-21(30)31-14-16-9-5-4-6-10-16/h4-6,9-10,12,15H,2-3,7-8,11,13-14H2,1H3,(H,22,30)(H,23,24)(H,26,27,29). The Kier molecular flexibility index (Phi) is 8.15. The van der Waals surface area contributed by atoms with Gasteiger partial charge in [0.25, 0.3) is 0 Å². The maximum Gasteiger partial charge on any atom is 0.407 e. The van der Waals surface area contributed by atoms with E-state index in [1.165, 1.54) is 6.33 Å². The van der Waals surface area contributed by atoms with E-state index < -0.39 is 6.09 Å². The molecule has 0 spiro atoms. The van der Waals surface area contributed by atoms with Gasteiger partial charge in [-0.15, -0.1) is 0 Å². The van der Waals surface area contributed by atoms with Crippen LogP contribution in [-0.2, 0) is 17.9 Å². The Bertz CT molecular complexity index is 1060. The first-order valence-electron chi connectivity index (χ1n) is 10.3. The molecule has 0 bridgehead atoms. The highest BCUT2D eigenvalue weighted by Crippen LogP contribution is 2.13. The fraction of sp³-hybridized carbons (Fsp3) is 0.381. The van der Waals surface area contributed by atoms with Gasteiger partial charge in [0.2, 0.25) is 5.95 Å². The molecular formula is C21H27N7O3. The van der Waals surface area contributed by atoms with Crippen LogP contribution >= 0.6 is 0 Å². The fourth-order valence-electron chi connectivity index (χ4n) is 2.96. The third-order valence-corrected chi connectivity index (χ3v) is 4.55. The van der Waals surface area contributed by atoms with Crippen molar-refractivity contribution in [2.24, 2.45) is 5.10 Å². The second-order valence-corrected chi connectivity index (χ2v) is 6.90. The first-order valence-corrected chi connectivity index (χ1v) is 10.3. The smallest absolute Gasteiger partial charge is 0.407 e. The first kappa shape index (κ1) is 22.0. The number of carbonyl (C=O) groups is 1. The number of carbonyl (C=O) groups excluding carboxylic acids is 1. The zero-order valence-electron chi connectivity index (χ0n) is 17.5. The topological polar surface area (TPSA) is 126 Å². The number of H-pyrrole nitrogens is 1. The van der Waals surface area contributed by atoms with E-state index in [0.29, 0.717) is 36.6 Å². The summed E-state index contributed by atoms with van der Waals surface area (Å²) in [5, 5.41) is 6.79. The number of hydrazone groups is 1. The van der Waals surface area contributed by atoms with Crippen molar-refractivity contribution >= 4 is 29.4 Å². The van der Waals surface area contributed by atoms with Crippen molar-refractivity contribution in [2.75, 3.05) is 12.0 Å². The predicted molar refractivity (Wildman–Crippen MR) is 119 cm³/mol. The number of aryl methyl sites for hydroxylation is 1. The third-order valence-electron chi connectivity index (χ3n) is 4.55. The van der Waals surface area contributed by atoms with Crippen LogP contribution in [0.4, 0.5) is 10.7 Å². The minimum absolute atomic E-state index is 0.221. The lowest BCUT2D eigenvalue weighted by molar-refractivity contribution is 0.140. The Morgan fingerprint density at radius 1 is 1.29 bits per heavy atom. The number of ether oxygens (including phenoxy) is 1. The molecule has 3 N–H and O–H groups in total. The summed E-state index contributed by atoms with van der Waals surface area (Å²) in [6.45, 7) is 3.39. The minimum atomic E-state index is -0.486. The number of hydrogen-bond donors (Lipinski definition) is 3. The number of rotatable bonds is 11. The SMILES string of the molecule is CCCCCn1c(NN=CCCNC(=O)OCc2ccccc2)nc(=O)c2[nH]cnc21. The van der Waals surface area contributed by atoms with Gasteiger partial charge in [-0.05, 0) is 12.0 Å². The van der Waals surface area contributed by atoms with Crippen molar-refractivity contribution < 1.29 is 9.53 Å². The molecule has 0 saturated heterocycles. The van der Waals surface area contributed by atoms with Gasteiger partial charge < -0.3 is 15.0 Å². The van der Waals surface area contributed by atoms with Crippen LogP contribution in [-0.4, -0.2) is 38.4 Å². The normalized spacial score (nSPS) is 11.1. The lowest BCUT2D eigenvalue weighted by atomic mass is 10.2. The zero-order valence-corrected chi connectivity index (χ0v) is 17.5. The van der Waals surface area contributed by atoms with E-state index in [1.807, 2.05) is 34.9 Å². The molecule has 0 saturated carbocycles. The second kappa shape index (κ2) is 11.5. The number of alkyl carbamates (subject to hydrolysis) is 1. The maximum absolute atomic E-state index is 12.2. The predicted octanol–water partition coefficient (Wildman–Crippen LogP) is 3.02. The van der Waals surface area contributed by atoms with Crippen molar-refractivity contribution in [1.29, 1.82) is 0 Å². The number of hydrogen-bond acceptors (Lipinski definition) is 7. The van der Waals surface area contributed by atoms with Crippen LogP contribution < -0.4 is 16.3 Å². The molecule has 0 aliphatic heterocycles. The van der Waals surface area contributed by atoms with Crippen LogP contribution in [0.5, 0.6) is 0 Å². The summed E-state index contributed by atoms with van der Waals surface area (Å²) < 4.78 is 6.99. The van der Waals surface area contributed by atoms with Gasteiger partial charge in [-0.1, -0.05) is 50.1 Å². The highest BCUT2D eigenvalue weighted by molar-refractivity contribution is 5.71. The summed E-state index contributed by atoms with van der Waals surface area (Å²) in [5.41, 5.74) is 4.29. The molecule has 0 radical (unpaired) electrons. The number of unbranched alkanes of at least 4 members (excludes halogenated alkanes) is 2. The lowest BCUT2D eigenvalue weighted by Crippen LogP contribution is -2.25. The van der Waals surface area contributed by atoms with E-state index >= 15 is 0 Å². The Labute approximate surface area is 179 Å². The van der Waals surface area contributed by atoms with Crippen molar-refractivity contribution in [1.82, 2.24) is 24.8 Å². The summed E-state index contributed by atoms with van der Waals surface area (Å²) in [6.07, 6.45) is 6.18. The van der Waals surface area contributed by atoms with Gasteiger partial charge >= 0.3 is 11.7 Å². The number of fused-ring (bicyclic) bond motifs is 1. The number of aromatic nitrogens is 4. The highest BCUT2D eigenvalue weighted by atomic mass is 16.5. The van der Waals surface area contributed by atoms with Gasteiger partial charge in [0.1, 0.15) is 6.61 Å². The number of benzene rings is 1. The molecule has 0 atom stereocenters. The van der Waals surface area contributed by atoms with E-state index in [-0.39, 0.29) is 12.2 Å². The molecule has 164 valence electrons. The third kappa shape index (κ3) is 6.39. The van der Waals surface area contributed by atoms with Crippen LogP contribution in [0.3, 0.4) is 0 Å². The Balaban J connectivity index is 1.48. The number of imidazole rings is 1. The largest absolute Gasteiger partial charge is 0.445 e. The zero-order chi connectivity index (χ0) is 21.9. The van der Waals surface area contributed by atoms with Gasteiger partial charge in [-0.2, -0.15) is 10.1 Å². The summed E-state index contributed by atoms with van der Waals surface area (Å²) in [7, 11) is 0. The molecule has 2 heterocycles.